The van der Waals surface area contributed by atoms with Gasteiger partial charge in [0.1, 0.15) is 5.82 Å². The Morgan fingerprint density at radius 1 is 1.28 bits per heavy atom. The number of aliphatic hydroxyl groups is 1. The third-order valence-electron chi connectivity index (χ3n) is 3.48. The van der Waals surface area contributed by atoms with Gasteiger partial charge in [-0.2, -0.15) is 0 Å². The van der Waals surface area contributed by atoms with Crippen molar-refractivity contribution in [3.05, 3.63) is 35.6 Å². The van der Waals surface area contributed by atoms with Gasteiger partial charge in [0.2, 0.25) is 0 Å². The molecule has 0 heterocycles. The number of benzene rings is 1. The first kappa shape index (κ1) is 13.0. The second-order valence-corrected chi connectivity index (χ2v) is 4.95. The van der Waals surface area contributed by atoms with E-state index in [0.29, 0.717) is 12.8 Å². The maximum Gasteiger partial charge on any atom is 0.254 e. The number of carbonyl (C=O) groups excluding carboxylic acids is 1. The highest BCUT2D eigenvalue weighted by atomic mass is 19.1. The zero-order valence-corrected chi connectivity index (χ0v) is 10.3. The minimum atomic E-state index is -0.820. The predicted octanol–water partition coefficient (Wildman–Crippen LogP) is 2.25. The number of halogens is 1. The van der Waals surface area contributed by atoms with E-state index in [4.69, 9.17) is 0 Å². The molecular formula is C14H18FNO2. The van der Waals surface area contributed by atoms with Crippen LogP contribution in [0.15, 0.2) is 24.3 Å². The van der Waals surface area contributed by atoms with Gasteiger partial charge in [-0.15, -0.1) is 0 Å². The normalized spacial score (nSPS) is 18.3. The third-order valence-corrected chi connectivity index (χ3v) is 3.48. The van der Waals surface area contributed by atoms with Crippen molar-refractivity contribution < 1.29 is 14.3 Å². The van der Waals surface area contributed by atoms with Crippen LogP contribution in [0.3, 0.4) is 0 Å². The SMILES string of the molecule is O=C(NCC1(O)CCCCC1)c1ccccc1F. The summed E-state index contributed by atoms with van der Waals surface area (Å²) in [5.41, 5.74) is -0.795. The van der Waals surface area contributed by atoms with E-state index in [-0.39, 0.29) is 12.1 Å². The zero-order chi connectivity index (χ0) is 13.0. The van der Waals surface area contributed by atoms with Gasteiger partial charge in [0.25, 0.3) is 5.91 Å². The summed E-state index contributed by atoms with van der Waals surface area (Å²) in [6.07, 6.45) is 4.48. The lowest BCUT2D eigenvalue weighted by molar-refractivity contribution is 0.00521. The molecule has 2 N–H and O–H groups in total. The Morgan fingerprint density at radius 3 is 2.61 bits per heavy atom. The predicted molar refractivity (Wildman–Crippen MR) is 66.8 cm³/mol. The summed E-state index contributed by atoms with van der Waals surface area (Å²) in [6, 6.07) is 5.86. The molecule has 1 amide bonds. The Labute approximate surface area is 106 Å². The molecule has 1 aliphatic rings. The highest BCUT2D eigenvalue weighted by Crippen LogP contribution is 2.27. The molecule has 1 saturated carbocycles. The molecule has 1 aromatic rings. The van der Waals surface area contributed by atoms with Crippen LogP contribution in [-0.4, -0.2) is 23.2 Å². The first-order chi connectivity index (χ1) is 8.61. The minimum Gasteiger partial charge on any atom is -0.388 e. The number of amides is 1. The average Bonchev–Trinajstić information content (AvgIpc) is 2.38. The molecule has 4 heteroatoms. The fourth-order valence-electron chi connectivity index (χ4n) is 2.37. The Balaban J connectivity index is 1.94. The van der Waals surface area contributed by atoms with E-state index in [1.807, 2.05) is 0 Å². The van der Waals surface area contributed by atoms with Crippen LogP contribution in [0, 0.1) is 5.82 Å². The number of carbonyl (C=O) groups is 1. The molecule has 0 unspecified atom stereocenters. The average molecular weight is 251 g/mol. The van der Waals surface area contributed by atoms with Crippen molar-refractivity contribution in [2.45, 2.75) is 37.7 Å². The van der Waals surface area contributed by atoms with E-state index < -0.39 is 17.3 Å². The van der Waals surface area contributed by atoms with Crippen LogP contribution in [0.5, 0.6) is 0 Å². The molecule has 0 aliphatic heterocycles. The molecule has 1 fully saturated rings. The smallest absolute Gasteiger partial charge is 0.254 e. The first-order valence-corrected chi connectivity index (χ1v) is 6.36. The lowest BCUT2D eigenvalue weighted by Gasteiger charge is -2.32. The largest absolute Gasteiger partial charge is 0.388 e. The molecular weight excluding hydrogens is 233 g/mol. The molecule has 1 aliphatic carbocycles. The Morgan fingerprint density at radius 2 is 1.94 bits per heavy atom. The monoisotopic (exact) mass is 251 g/mol. The van der Waals surface area contributed by atoms with Crippen molar-refractivity contribution in [3.8, 4) is 0 Å². The molecule has 0 atom stereocenters. The fourth-order valence-corrected chi connectivity index (χ4v) is 2.37. The van der Waals surface area contributed by atoms with Crippen LogP contribution in [0.1, 0.15) is 42.5 Å². The fraction of sp³-hybridized carbons (Fsp3) is 0.500. The molecule has 0 radical (unpaired) electrons. The van der Waals surface area contributed by atoms with Crippen molar-refractivity contribution in [3.63, 3.8) is 0 Å². The van der Waals surface area contributed by atoms with Crippen molar-refractivity contribution >= 4 is 5.91 Å². The molecule has 0 saturated heterocycles. The molecule has 18 heavy (non-hydrogen) atoms. The number of hydrogen-bond donors (Lipinski definition) is 2. The highest BCUT2D eigenvalue weighted by Gasteiger charge is 2.29. The van der Waals surface area contributed by atoms with Crippen LogP contribution in [0.25, 0.3) is 0 Å². The summed E-state index contributed by atoms with van der Waals surface area (Å²) in [4.78, 5) is 11.8. The standard InChI is InChI=1S/C14H18FNO2/c15-12-7-3-2-6-11(12)13(17)16-10-14(18)8-4-1-5-9-14/h2-3,6-7,18H,1,4-5,8-10H2,(H,16,17). The third kappa shape index (κ3) is 3.07. The van der Waals surface area contributed by atoms with Gasteiger partial charge in [0, 0.05) is 6.54 Å². The van der Waals surface area contributed by atoms with E-state index in [1.165, 1.54) is 12.1 Å². The van der Waals surface area contributed by atoms with Crippen molar-refractivity contribution in [1.29, 1.82) is 0 Å². The molecule has 1 aromatic carbocycles. The molecule has 0 spiro atoms. The molecule has 3 nitrogen and oxygen atoms in total. The molecule has 0 bridgehead atoms. The van der Waals surface area contributed by atoms with Crippen LogP contribution in [-0.2, 0) is 0 Å². The van der Waals surface area contributed by atoms with Gasteiger partial charge in [0.15, 0.2) is 0 Å². The minimum absolute atomic E-state index is 0.0249. The van der Waals surface area contributed by atoms with Crippen LogP contribution in [0.2, 0.25) is 0 Å². The van der Waals surface area contributed by atoms with Gasteiger partial charge < -0.3 is 10.4 Å². The Kier molecular flexibility index (Phi) is 3.97. The lowest BCUT2D eigenvalue weighted by Crippen LogP contribution is -2.44. The number of hydrogen-bond acceptors (Lipinski definition) is 2. The topological polar surface area (TPSA) is 49.3 Å². The quantitative estimate of drug-likeness (QED) is 0.865. The first-order valence-electron chi connectivity index (χ1n) is 6.36. The molecule has 0 aromatic heterocycles. The zero-order valence-electron chi connectivity index (χ0n) is 10.3. The maximum absolute atomic E-state index is 13.4. The van der Waals surface area contributed by atoms with Gasteiger partial charge in [-0.3, -0.25) is 4.79 Å². The lowest BCUT2D eigenvalue weighted by atomic mass is 9.85. The van der Waals surface area contributed by atoms with Gasteiger partial charge in [-0.05, 0) is 25.0 Å². The van der Waals surface area contributed by atoms with Crippen molar-refractivity contribution in [1.82, 2.24) is 5.32 Å². The van der Waals surface area contributed by atoms with Gasteiger partial charge >= 0.3 is 0 Å². The summed E-state index contributed by atoms with van der Waals surface area (Å²) in [7, 11) is 0. The summed E-state index contributed by atoms with van der Waals surface area (Å²) in [6.45, 7) is 0.195. The van der Waals surface area contributed by atoms with Crippen LogP contribution in [0.4, 0.5) is 4.39 Å². The van der Waals surface area contributed by atoms with E-state index >= 15 is 0 Å². The van der Waals surface area contributed by atoms with Gasteiger partial charge in [-0.25, -0.2) is 4.39 Å². The van der Waals surface area contributed by atoms with Crippen molar-refractivity contribution in [2.75, 3.05) is 6.54 Å². The second-order valence-electron chi connectivity index (χ2n) is 4.95. The summed E-state index contributed by atoms with van der Waals surface area (Å²) in [5.74, 6) is -1.00. The number of rotatable bonds is 3. The summed E-state index contributed by atoms with van der Waals surface area (Å²) < 4.78 is 13.4. The molecule has 98 valence electrons. The van der Waals surface area contributed by atoms with E-state index in [9.17, 15) is 14.3 Å². The number of nitrogens with one attached hydrogen (secondary N) is 1. The Hall–Kier alpha value is -1.42. The second kappa shape index (κ2) is 5.48. The van der Waals surface area contributed by atoms with E-state index in [2.05, 4.69) is 5.32 Å². The Bertz CT molecular complexity index is 428. The van der Waals surface area contributed by atoms with E-state index in [0.717, 1.165) is 19.3 Å². The summed E-state index contributed by atoms with van der Waals surface area (Å²) >= 11 is 0. The maximum atomic E-state index is 13.4. The van der Waals surface area contributed by atoms with Crippen LogP contribution < -0.4 is 5.32 Å². The van der Waals surface area contributed by atoms with Gasteiger partial charge in [-0.1, -0.05) is 31.4 Å². The van der Waals surface area contributed by atoms with Gasteiger partial charge in [0.05, 0.1) is 11.2 Å². The molecule has 2 rings (SSSR count). The summed E-state index contributed by atoms with van der Waals surface area (Å²) in [5, 5.41) is 12.8. The van der Waals surface area contributed by atoms with Crippen molar-refractivity contribution in [2.24, 2.45) is 0 Å². The van der Waals surface area contributed by atoms with E-state index in [1.54, 1.807) is 12.1 Å². The van der Waals surface area contributed by atoms with Crippen LogP contribution >= 0.6 is 0 Å². The highest BCUT2D eigenvalue weighted by molar-refractivity contribution is 5.94.